The molecule has 0 aliphatic carbocycles. The Balaban J connectivity index is 2.64. The number of nitrogens with one attached hydrogen (secondary N) is 1. The molecule has 0 bridgehead atoms. The first-order chi connectivity index (χ1) is 9.67. The summed E-state index contributed by atoms with van der Waals surface area (Å²) in [7, 11) is 1.27. The fourth-order valence-corrected chi connectivity index (χ4v) is 1.94. The number of hydrogen-bond acceptors (Lipinski definition) is 4. The summed E-state index contributed by atoms with van der Waals surface area (Å²) in [6, 6.07) is 3.52. The molecule has 0 spiro atoms. The van der Waals surface area contributed by atoms with E-state index in [4.69, 9.17) is 16.3 Å². The van der Waals surface area contributed by atoms with Gasteiger partial charge in [-0.1, -0.05) is 11.6 Å². The third-order valence-electron chi connectivity index (χ3n) is 2.93. The Morgan fingerprint density at radius 3 is 2.24 bits per heavy atom. The van der Waals surface area contributed by atoms with Crippen LogP contribution in [0.2, 0.25) is 5.02 Å². The van der Waals surface area contributed by atoms with Gasteiger partial charge in [0.1, 0.15) is 11.3 Å². The Hall–Kier alpha value is -1.75. The molecule has 0 aliphatic heterocycles. The highest BCUT2D eigenvalue weighted by molar-refractivity contribution is 6.32. The molecule has 6 heteroatoms. The van der Waals surface area contributed by atoms with Gasteiger partial charge < -0.3 is 14.8 Å². The van der Waals surface area contributed by atoms with Crippen LogP contribution in [0.25, 0.3) is 0 Å². The number of benzene rings is 1. The van der Waals surface area contributed by atoms with E-state index in [2.05, 4.69) is 10.1 Å². The first kappa shape index (κ1) is 17.3. The lowest BCUT2D eigenvalue weighted by atomic mass is 10.1. The van der Waals surface area contributed by atoms with Gasteiger partial charge in [0, 0.05) is 5.02 Å². The van der Waals surface area contributed by atoms with Crippen molar-refractivity contribution in [2.24, 2.45) is 0 Å². The fraction of sp³-hybridized carbons (Fsp3) is 0.467. The number of methoxy groups -OCH3 is 1. The number of halogens is 1. The van der Waals surface area contributed by atoms with E-state index >= 15 is 0 Å². The van der Waals surface area contributed by atoms with E-state index in [1.165, 1.54) is 7.11 Å². The summed E-state index contributed by atoms with van der Waals surface area (Å²) in [4.78, 5) is 23.3. The van der Waals surface area contributed by atoms with Crippen molar-refractivity contribution in [1.82, 2.24) is 5.32 Å². The highest BCUT2D eigenvalue weighted by Gasteiger charge is 2.30. The molecular formula is C15H20ClNO4. The second-order valence-corrected chi connectivity index (χ2v) is 5.70. The average molecular weight is 314 g/mol. The van der Waals surface area contributed by atoms with Gasteiger partial charge in [-0.05, 0) is 51.0 Å². The minimum atomic E-state index is -1.10. The van der Waals surface area contributed by atoms with Crippen LogP contribution in [0.4, 0.5) is 0 Å². The van der Waals surface area contributed by atoms with Gasteiger partial charge in [0.2, 0.25) is 0 Å². The summed E-state index contributed by atoms with van der Waals surface area (Å²) >= 11 is 6.06. The quantitative estimate of drug-likeness (QED) is 0.848. The van der Waals surface area contributed by atoms with Crippen molar-refractivity contribution in [3.63, 3.8) is 0 Å². The molecule has 0 aromatic heterocycles. The predicted octanol–water partition coefficient (Wildman–Crippen LogP) is 2.40. The Morgan fingerprint density at radius 1 is 1.24 bits per heavy atom. The molecule has 0 fully saturated rings. The predicted molar refractivity (Wildman–Crippen MR) is 80.7 cm³/mol. The minimum absolute atomic E-state index is 0.194. The van der Waals surface area contributed by atoms with Crippen LogP contribution in [0.1, 0.15) is 25.0 Å². The first-order valence-electron chi connectivity index (χ1n) is 6.46. The summed E-state index contributed by atoms with van der Waals surface area (Å²) in [5.74, 6) is -0.370. The summed E-state index contributed by atoms with van der Waals surface area (Å²) in [6.07, 6.45) is 0. The molecule has 0 unspecified atom stereocenters. The Morgan fingerprint density at radius 2 is 1.76 bits per heavy atom. The number of esters is 1. The summed E-state index contributed by atoms with van der Waals surface area (Å²) in [5.41, 5.74) is 0.657. The maximum atomic E-state index is 11.8. The summed E-state index contributed by atoms with van der Waals surface area (Å²) < 4.78 is 10.0. The standard InChI is InChI=1S/C15H20ClNO4/c1-9-6-11(7-10(2)13(9)16)21-8-12(18)17-15(3,4)14(19)20-5/h6-7H,8H2,1-5H3,(H,17,18). The van der Waals surface area contributed by atoms with Crippen molar-refractivity contribution in [3.8, 4) is 5.75 Å². The van der Waals surface area contributed by atoms with E-state index in [9.17, 15) is 9.59 Å². The fourth-order valence-electron chi connectivity index (χ4n) is 1.83. The normalized spacial score (nSPS) is 11.0. The van der Waals surface area contributed by atoms with Crippen molar-refractivity contribution in [2.45, 2.75) is 33.2 Å². The number of aryl methyl sites for hydroxylation is 2. The van der Waals surface area contributed by atoms with Gasteiger partial charge in [-0.3, -0.25) is 4.79 Å². The molecule has 0 saturated heterocycles. The maximum Gasteiger partial charge on any atom is 0.330 e. The number of carbonyl (C=O) groups is 2. The molecular weight excluding hydrogens is 294 g/mol. The monoisotopic (exact) mass is 313 g/mol. The summed E-state index contributed by atoms with van der Waals surface area (Å²) in [5, 5.41) is 3.23. The highest BCUT2D eigenvalue weighted by Crippen LogP contribution is 2.25. The molecule has 0 radical (unpaired) electrons. The second-order valence-electron chi connectivity index (χ2n) is 5.32. The number of ether oxygens (including phenoxy) is 2. The first-order valence-corrected chi connectivity index (χ1v) is 6.84. The SMILES string of the molecule is COC(=O)C(C)(C)NC(=O)COc1cc(C)c(Cl)c(C)c1. The van der Waals surface area contributed by atoms with E-state index in [0.29, 0.717) is 10.8 Å². The molecule has 1 N–H and O–H groups in total. The topological polar surface area (TPSA) is 64.6 Å². The molecule has 21 heavy (non-hydrogen) atoms. The molecule has 116 valence electrons. The lowest BCUT2D eigenvalue weighted by Gasteiger charge is -2.23. The van der Waals surface area contributed by atoms with Gasteiger partial charge in [-0.15, -0.1) is 0 Å². The van der Waals surface area contributed by atoms with Crippen LogP contribution < -0.4 is 10.1 Å². The Kier molecular flexibility index (Phi) is 5.61. The molecule has 0 aliphatic rings. The van der Waals surface area contributed by atoms with E-state index < -0.39 is 17.4 Å². The van der Waals surface area contributed by atoms with Gasteiger partial charge in [0.25, 0.3) is 5.91 Å². The Bertz CT molecular complexity index is 532. The number of carbonyl (C=O) groups excluding carboxylic acids is 2. The lowest BCUT2D eigenvalue weighted by Crippen LogP contribution is -2.51. The van der Waals surface area contributed by atoms with Crippen molar-refractivity contribution in [1.29, 1.82) is 0 Å². The molecule has 1 aromatic carbocycles. The zero-order valence-electron chi connectivity index (χ0n) is 12.9. The van der Waals surface area contributed by atoms with Crippen molar-refractivity contribution in [2.75, 3.05) is 13.7 Å². The van der Waals surface area contributed by atoms with Gasteiger partial charge in [0.15, 0.2) is 6.61 Å². The van der Waals surface area contributed by atoms with E-state index in [1.807, 2.05) is 13.8 Å². The van der Waals surface area contributed by atoms with Crippen LogP contribution in [0.3, 0.4) is 0 Å². The molecule has 0 heterocycles. The lowest BCUT2D eigenvalue weighted by molar-refractivity contribution is -0.149. The number of hydrogen-bond donors (Lipinski definition) is 1. The van der Waals surface area contributed by atoms with Crippen LogP contribution in [-0.4, -0.2) is 31.1 Å². The van der Waals surface area contributed by atoms with Gasteiger partial charge in [-0.2, -0.15) is 0 Å². The largest absolute Gasteiger partial charge is 0.484 e. The number of rotatable bonds is 5. The van der Waals surface area contributed by atoms with Crippen LogP contribution in [0.5, 0.6) is 5.75 Å². The Labute approximate surface area is 129 Å². The minimum Gasteiger partial charge on any atom is -0.484 e. The number of amides is 1. The van der Waals surface area contributed by atoms with Crippen LogP contribution in [-0.2, 0) is 14.3 Å². The third-order valence-corrected chi connectivity index (χ3v) is 3.52. The van der Waals surface area contributed by atoms with Crippen molar-refractivity contribution >= 4 is 23.5 Å². The van der Waals surface area contributed by atoms with E-state index in [1.54, 1.807) is 26.0 Å². The molecule has 5 nitrogen and oxygen atoms in total. The van der Waals surface area contributed by atoms with Crippen molar-refractivity contribution < 1.29 is 19.1 Å². The average Bonchev–Trinajstić information content (AvgIpc) is 2.40. The van der Waals surface area contributed by atoms with Gasteiger partial charge >= 0.3 is 5.97 Å². The van der Waals surface area contributed by atoms with Crippen LogP contribution in [0.15, 0.2) is 12.1 Å². The second kappa shape index (κ2) is 6.80. The highest BCUT2D eigenvalue weighted by atomic mass is 35.5. The zero-order chi connectivity index (χ0) is 16.2. The molecule has 1 amide bonds. The zero-order valence-corrected chi connectivity index (χ0v) is 13.6. The summed E-state index contributed by atoms with van der Waals surface area (Å²) in [6.45, 7) is 6.66. The molecule has 0 atom stereocenters. The van der Waals surface area contributed by atoms with Gasteiger partial charge in [0.05, 0.1) is 7.11 Å². The smallest absolute Gasteiger partial charge is 0.330 e. The van der Waals surface area contributed by atoms with Gasteiger partial charge in [-0.25, -0.2) is 4.79 Å². The molecule has 1 aromatic rings. The van der Waals surface area contributed by atoms with Crippen LogP contribution in [0, 0.1) is 13.8 Å². The molecule has 1 rings (SSSR count). The van der Waals surface area contributed by atoms with Crippen LogP contribution >= 0.6 is 11.6 Å². The van der Waals surface area contributed by atoms with Crippen molar-refractivity contribution in [3.05, 3.63) is 28.3 Å². The molecule has 0 saturated carbocycles. The third kappa shape index (κ3) is 4.63. The van der Waals surface area contributed by atoms with E-state index in [-0.39, 0.29) is 6.61 Å². The van der Waals surface area contributed by atoms with E-state index in [0.717, 1.165) is 11.1 Å². The maximum absolute atomic E-state index is 11.8.